The number of hydrogen-bond acceptors (Lipinski definition) is 7. The summed E-state index contributed by atoms with van der Waals surface area (Å²) in [6.07, 6.45) is 0.0327. The molecule has 4 rings (SSSR count). The predicted octanol–water partition coefficient (Wildman–Crippen LogP) is 3.86. The van der Waals surface area contributed by atoms with Gasteiger partial charge in [0.2, 0.25) is 0 Å². The zero-order chi connectivity index (χ0) is 22.0. The van der Waals surface area contributed by atoms with Crippen molar-refractivity contribution in [3.05, 3.63) is 92.8 Å². The molecule has 1 aromatic heterocycles. The first-order valence-electron chi connectivity index (χ1n) is 9.60. The highest BCUT2D eigenvalue weighted by molar-refractivity contribution is 7.17. The molecule has 1 atom stereocenters. The average molecular weight is 436 g/mol. The SMILES string of the molecule is Cc1ccc(NCC(=O)N2N=C(c3ccc([N+](=O)[O-])s3)CC2(O)c2ccccc2)cc1. The van der Waals surface area contributed by atoms with E-state index in [1.165, 1.54) is 6.07 Å². The van der Waals surface area contributed by atoms with E-state index in [1.807, 2.05) is 37.3 Å². The van der Waals surface area contributed by atoms with E-state index in [0.29, 0.717) is 16.2 Å². The van der Waals surface area contributed by atoms with Crippen molar-refractivity contribution in [2.24, 2.45) is 5.10 Å². The lowest BCUT2D eigenvalue weighted by Crippen LogP contribution is -2.45. The van der Waals surface area contributed by atoms with Crippen molar-refractivity contribution in [3.63, 3.8) is 0 Å². The summed E-state index contributed by atoms with van der Waals surface area (Å²) in [5.74, 6) is -0.423. The van der Waals surface area contributed by atoms with Crippen LogP contribution in [0.5, 0.6) is 0 Å². The largest absolute Gasteiger partial charge is 0.376 e. The molecule has 2 aromatic carbocycles. The Kier molecular flexibility index (Phi) is 5.53. The molecule has 0 radical (unpaired) electrons. The van der Waals surface area contributed by atoms with Crippen LogP contribution in [0.3, 0.4) is 0 Å². The molecule has 0 aliphatic carbocycles. The molecule has 8 nitrogen and oxygen atoms in total. The molecule has 31 heavy (non-hydrogen) atoms. The molecule has 0 saturated carbocycles. The molecule has 1 aliphatic rings. The highest BCUT2D eigenvalue weighted by Gasteiger charge is 2.46. The number of thiophene rings is 1. The molecule has 158 valence electrons. The molecule has 2 heterocycles. The predicted molar refractivity (Wildman–Crippen MR) is 119 cm³/mol. The fourth-order valence-corrected chi connectivity index (χ4v) is 4.18. The van der Waals surface area contributed by atoms with Gasteiger partial charge in [-0.3, -0.25) is 14.9 Å². The Hall–Kier alpha value is -3.56. The normalized spacial score (nSPS) is 18.0. The van der Waals surface area contributed by atoms with E-state index >= 15 is 0 Å². The summed E-state index contributed by atoms with van der Waals surface area (Å²) in [5.41, 5.74) is 1.15. The van der Waals surface area contributed by atoms with Gasteiger partial charge in [-0.05, 0) is 25.1 Å². The number of aryl methyl sites for hydroxylation is 1. The maximum absolute atomic E-state index is 13.1. The molecule has 0 saturated heterocycles. The number of nitrogens with zero attached hydrogens (tertiary/aromatic N) is 3. The molecule has 1 amide bonds. The number of benzene rings is 2. The summed E-state index contributed by atoms with van der Waals surface area (Å²) in [6.45, 7) is 1.91. The molecule has 2 N–H and O–H groups in total. The number of anilines is 1. The number of aliphatic hydroxyl groups is 1. The first-order valence-corrected chi connectivity index (χ1v) is 10.4. The van der Waals surface area contributed by atoms with Gasteiger partial charge in [0.05, 0.1) is 22.1 Å². The lowest BCUT2D eigenvalue weighted by Gasteiger charge is -2.31. The number of carbonyl (C=O) groups is 1. The Morgan fingerprint density at radius 1 is 1.19 bits per heavy atom. The van der Waals surface area contributed by atoms with Crippen LogP contribution in [0.4, 0.5) is 10.7 Å². The van der Waals surface area contributed by atoms with Gasteiger partial charge in [-0.25, -0.2) is 0 Å². The summed E-state index contributed by atoms with van der Waals surface area (Å²) in [5, 5.41) is 31.0. The minimum atomic E-state index is -1.68. The minimum Gasteiger partial charge on any atom is -0.376 e. The summed E-state index contributed by atoms with van der Waals surface area (Å²) in [6, 6.07) is 19.4. The summed E-state index contributed by atoms with van der Waals surface area (Å²) >= 11 is 0.965. The van der Waals surface area contributed by atoms with Crippen LogP contribution in [0.1, 0.15) is 22.4 Å². The quantitative estimate of drug-likeness (QED) is 0.451. The minimum absolute atomic E-state index is 0.0215. The Bertz CT molecular complexity index is 1140. The molecular weight excluding hydrogens is 416 g/mol. The molecule has 0 spiro atoms. The van der Waals surface area contributed by atoms with Crippen LogP contribution in [0.25, 0.3) is 0 Å². The van der Waals surface area contributed by atoms with Crippen molar-refractivity contribution in [2.45, 2.75) is 19.1 Å². The van der Waals surface area contributed by atoms with Crippen molar-refractivity contribution < 1.29 is 14.8 Å². The highest BCUT2D eigenvalue weighted by Crippen LogP contribution is 2.39. The van der Waals surface area contributed by atoms with Crippen molar-refractivity contribution in [2.75, 3.05) is 11.9 Å². The molecule has 9 heteroatoms. The number of hydrogen-bond donors (Lipinski definition) is 2. The summed E-state index contributed by atoms with van der Waals surface area (Å²) in [7, 11) is 0. The van der Waals surface area contributed by atoms with E-state index in [4.69, 9.17) is 0 Å². The molecule has 1 unspecified atom stereocenters. The van der Waals surface area contributed by atoms with Crippen molar-refractivity contribution in [3.8, 4) is 0 Å². The van der Waals surface area contributed by atoms with Crippen LogP contribution >= 0.6 is 11.3 Å². The summed E-state index contributed by atoms with van der Waals surface area (Å²) < 4.78 is 0. The van der Waals surface area contributed by atoms with Gasteiger partial charge in [-0.2, -0.15) is 10.1 Å². The van der Waals surface area contributed by atoms with Gasteiger partial charge in [0.15, 0.2) is 5.72 Å². The lowest BCUT2D eigenvalue weighted by atomic mass is 9.97. The van der Waals surface area contributed by atoms with Gasteiger partial charge in [0, 0.05) is 23.7 Å². The maximum atomic E-state index is 13.1. The van der Waals surface area contributed by atoms with E-state index in [-0.39, 0.29) is 18.0 Å². The number of nitro groups is 1. The Morgan fingerprint density at radius 3 is 2.55 bits per heavy atom. The van der Waals surface area contributed by atoms with Crippen LogP contribution in [0.2, 0.25) is 0 Å². The second-order valence-corrected chi connectivity index (χ2v) is 8.29. The second-order valence-electron chi connectivity index (χ2n) is 7.23. The Morgan fingerprint density at radius 2 is 1.90 bits per heavy atom. The first-order chi connectivity index (χ1) is 14.9. The molecule has 0 bridgehead atoms. The van der Waals surface area contributed by atoms with Gasteiger partial charge >= 0.3 is 5.00 Å². The van der Waals surface area contributed by atoms with Crippen molar-refractivity contribution in [1.82, 2.24) is 5.01 Å². The Labute approximate surface area is 182 Å². The Balaban J connectivity index is 1.62. The third-order valence-corrected chi connectivity index (χ3v) is 6.09. The lowest BCUT2D eigenvalue weighted by molar-refractivity contribution is -0.380. The molecule has 0 fully saturated rings. The van der Waals surface area contributed by atoms with E-state index in [0.717, 1.165) is 27.6 Å². The van der Waals surface area contributed by atoms with Gasteiger partial charge < -0.3 is 10.4 Å². The fourth-order valence-electron chi connectivity index (χ4n) is 3.38. The standard InChI is InChI=1S/C22H20N4O4S/c1-15-7-9-17(10-8-15)23-14-20(27)25-22(28,16-5-3-2-4-6-16)13-18(24-25)19-11-12-21(31-19)26(29)30/h2-12,23,28H,13-14H2,1H3. The van der Waals surface area contributed by atoms with E-state index in [9.17, 15) is 20.0 Å². The van der Waals surface area contributed by atoms with Crippen LogP contribution in [0.15, 0.2) is 71.8 Å². The fraction of sp³-hybridized carbons (Fsp3) is 0.182. The van der Waals surface area contributed by atoms with Gasteiger partial charge in [-0.15, -0.1) is 0 Å². The zero-order valence-electron chi connectivity index (χ0n) is 16.7. The topological polar surface area (TPSA) is 108 Å². The smallest absolute Gasteiger partial charge is 0.324 e. The van der Waals surface area contributed by atoms with Gasteiger partial charge in [0.25, 0.3) is 5.91 Å². The van der Waals surface area contributed by atoms with Crippen molar-refractivity contribution in [1.29, 1.82) is 0 Å². The van der Waals surface area contributed by atoms with Crippen LogP contribution in [-0.2, 0) is 10.5 Å². The third kappa shape index (κ3) is 4.18. The molecule has 1 aliphatic heterocycles. The number of nitrogens with one attached hydrogen (secondary N) is 1. The number of rotatable bonds is 6. The first kappa shape index (κ1) is 20.7. The number of hydrazone groups is 1. The van der Waals surface area contributed by atoms with Crippen LogP contribution in [0, 0.1) is 17.0 Å². The van der Waals surface area contributed by atoms with Gasteiger partial charge in [0.1, 0.15) is 0 Å². The summed E-state index contributed by atoms with van der Waals surface area (Å²) in [4.78, 5) is 24.2. The van der Waals surface area contributed by atoms with E-state index < -0.39 is 16.6 Å². The van der Waals surface area contributed by atoms with Crippen LogP contribution < -0.4 is 5.32 Å². The van der Waals surface area contributed by atoms with Gasteiger partial charge in [-0.1, -0.05) is 59.4 Å². The van der Waals surface area contributed by atoms with Crippen LogP contribution in [-0.4, -0.2) is 33.2 Å². The second kappa shape index (κ2) is 8.29. The molecule has 3 aromatic rings. The number of amides is 1. The highest BCUT2D eigenvalue weighted by atomic mass is 32.1. The molecular formula is C22H20N4O4S. The van der Waals surface area contributed by atoms with Crippen molar-refractivity contribution >= 4 is 33.6 Å². The zero-order valence-corrected chi connectivity index (χ0v) is 17.5. The maximum Gasteiger partial charge on any atom is 0.324 e. The number of carbonyl (C=O) groups excluding carboxylic acids is 1. The third-order valence-electron chi connectivity index (χ3n) is 5.01. The average Bonchev–Trinajstić information content (AvgIpc) is 3.40. The van der Waals surface area contributed by atoms with E-state index in [2.05, 4.69) is 10.4 Å². The van der Waals surface area contributed by atoms with E-state index in [1.54, 1.807) is 30.3 Å². The monoisotopic (exact) mass is 436 g/mol.